The number of nitrogens with one attached hydrogen (secondary N) is 1. The van der Waals surface area contributed by atoms with E-state index in [2.05, 4.69) is 5.32 Å². The molecule has 0 saturated carbocycles. The van der Waals surface area contributed by atoms with Crippen molar-refractivity contribution < 1.29 is 14.3 Å². The van der Waals surface area contributed by atoms with Gasteiger partial charge in [-0.05, 0) is 36.1 Å². The number of hydrogen-bond donors (Lipinski definition) is 1. The highest BCUT2D eigenvalue weighted by molar-refractivity contribution is 5.88. The first-order chi connectivity index (χ1) is 12.2. The van der Waals surface area contributed by atoms with Gasteiger partial charge in [-0.15, -0.1) is 0 Å². The molecule has 0 aliphatic rings. The minimum Gasteiger partial charge on any atom is -0.497 e. The molecule has 1 amide bonds. The van der Waals surface area contributed by atoms with Gasteiger partial charge in [0, 0.05) is 5.39 Å². The van der Waals surface area contributed by atoms with Gasteiger partial charge < -0.3 is 14.8 Å². The fourth-order valence-corrected chi connectivity index (χ4v) is 2.72. The molecule has 0 unspecified atom stereocenters. The number of carbonyl (C=O) groups is 1. The number of ether oxygens (including phenoxy) is 2. The molecule has 3 aromatic carbocycles. The lowest BCUT2D eigenvalue weighted by Gasteiger charge is -2.15. The molecule has 1 atom stereocenters. The number of carbonyl (C=O) groups excluding carboxylic acids is 1. The summed E-state index contributed by atoms with van der Waals surface area (Å²) in [7, 11) is 1.63. The highest BCUT2D eigenvalue weighted by Gasteiger charge is 2.11. The lowest BCUT2D eigenvalue weighted by atomic mass is 10.1. The number of hydrogen-bond acceptors (Lipinski definition) is 3. The van der Waals surface area contributed by atoms with Gasteiger partial charge in [-0.1, -0.05) is 48.5 Å². The molecule has 128 valence electrons. The van der Waals surface area contributed by atoms with Crippen LogP contribution in [-0.2, 0) is 4.79 Å². The maximum absolute atomic E-state index is 12.2. The van der Waals surface area contributed by atoms with E-state index in [9.17, 15) is 4.79 Å². The standard InChI is InChI=1S/C21H21NO3/c1-15(16-10-12-18(24-2)13-11-16)22-21(23)14-25-20-9-5-7-17-6-3-4-8-19(17)20/h3-13,15H,14H2,1-2H3,(H,22,23)/t15-/m0/s1. The van der Waals surface area contributed by atoms with E-state index >= 15 is 0 Å². The zero-order chi connectivity index (χ0) is 17.6. The van der Waals surface area contributed by atoms with Crippen LogP contribution in [0.3, 0.4) is 0 Å². The van der Waals surface area contributed by atoms with E-state index in [4.69, 9.17) is 9.47 Å². The second-order valence-corrected chi connectivity index (χ2v) is 5.83. The molecular formula is C21H21NO3. The molecule has 3 rings (SSSR count). The molecule has 3 aromatic rings. The average molecular weight is 335 g/mol. The summed E-state index contributed by atoms with van der Waals surface area (Å²) < 4.78 is 10.9. The number of amides is 1. The maximum atomic E-state index is 12.2. The first-order valence-corrected chi connectivity index (χ1v) is 8.21. The minimum absolute atomic E-state index is 0.0193. The summed E-state index contributed by atoms with van der Waals surface area (Å²) in [5, 5.41) is 5.04. The van der Waals surface area contributed by atoms with Gasteiger partial charge in [0.1, 0.15) is 11.5 Å². The quantitative estimate of drug-likeness (QED) is 0.737. The van der Waals surface area contributed by atoms with Crippen LogP contribution in [0.15, 0.2) is 66.7 Å². The van der Waals surface area contributed by atoms with Gasteiger partial charge >= 0.3 is 0 Å². The van der Waals surface area contributed by atoms with Crippen LogP contribution in [0.4, 0.5) is 0 Å². The van der Waals surface area contributed by atoms with Crippen molar-refractivity contribution in [2.75, 3.05) is 13.7 Å². The predicted octanol–water partition coefficient (Wildman–Crippen LogP) is 4.10. The van der Waals surface area contributed by atoms with Crippen LogP contribution in [0.2, 0.25) is 0 Å². The molecule has 0 heterocycles. The molecule has 0 aliphatic carbocycles. The van der Waals surface area contributed by atoms with Crippen LogP contribution < -0.4 is 14.8 Å². The SMILES string of the molecule is COc1ccc([C@H](C)NC(=O)COc2cccc3ccccc23)cc1. The molecule has 4 heteroatoms. The van der Waals surface area contributed by atoms with Gasteiger partial charge in [0.2, 0.25) is 0 Å². The van der Waals surface area contributed by atoms with Crippen LogP contribution in [0.5, 0.6) is 11.5 Å². The van der Waals surface area contributed by atoms with E-state index in [-0.39, 0.29) is 18.6 Å². The van der Waals surface area contributed by atoms with E-state index in [0.29, 0.717) is 5.75 Å². The molecule has 0 fully saturated rings. The molecule has 1 N–H and O–H groups in total. The van der Waals surface area contributed by atoms with Crippen molar-refractivity contribution in [1.29, 1.82) is 0 Å². The summed E-state index contributed by atoms with van der Waals surface area (Å²) in [5.41, 5.74) is 1.01. The fourth-order valence-electron chi connectivity index (χ4n) is 2.72. The molecule has 4 nitrogen and oxygen atoms in total. The third kappa shape index (κ3) is 4.10. The number of fused-ring (bicyclic) bond motifs is 1. The summed E-state index contributed by atoms with van der Waals surface area (Å²) in [5.74, 6) is 1.35. The van der Waals surface area contributed by atoms with Gasteiger partial charge in [-0.2, -0.15) is 0 Å². The lowest BCUT2D eigenvalue weighted by Crippen LogP contribution is -2.31. The van der Waals surface area contributed by atoms with Crippen molar-refractivity contribution in [3.05, 3.63) is 72.3 Å². The Kier molecular flexibility index (Phi) is 5.19. The Labute approximate surface area is 147 Å². The maximum Gasteiger partial charge on any atom is 0.258 e. The van der Waals surface area contributed by atoms with E-state index < -0.39 is 0 Å². The van der Waals surface area contributed by atoms with Crippen molar-refractivity contribution in [3.8, 4) is 11.5 Å². The topological polar surface area (TPSA) is 47.6 Å². The van der Waals surface area contributed by atoms with Crippen molar-refractivity contribution in [3.63, 3.8) is 0 Å². The second-order valence-electron chi connectivity index (χ2n) is 5.83. The Hall–Kier alpha value is -3.01. The summed E-state index contributed by atoms with van der Waals surface area (Å²) in [6.45, 7) is 1.92. The van der Waals surface area contributed by atoms with E-state index in [1.807, 2.05) is 73.7 Å². The van der Waals surface area contributed by atoms with Crippen molar-refractivity contribution in [2.45, 2.75) is 13.0 Å². The Balaban J connectivity index is 1.60. The Bertz CT molecular complexity index is 853. The van der Waals surface area contributed by atoms with Crippen molar-refractivity contribution >= 4 is 16.7 Å². The highest BCUT2D eigenvalue weighted by Crippen LogP contribution is 2.25. The summed E-state index contributed by atoms with van der Waals surface area (Å²) >= 11 is 0. The largest absolute Gasteiger partial charge is 0.497 e. The summed E-state index contributed by atoms with van der Waals surface area (Å²) in [4.78, 5) is 12.2. The number of methoxy groups -OCH3 is 1. The van der Waals surface area contributed by atoms with Gasteiger partial charge in [-0.3, -0.25) is 4.79 Å². The highest BCUT2D eigenvalue weighted by atomic mass is 16.5. The van der Waals surface area contributed by atoms with Crippen LogP contribution in [0.25, 0.3) is 10.8 Å². The fraction of sp³-hybridized carbons (Fsp3) is 0.190. The smallest absolute Gasteiger partial charge is 0.258 e. The van der Waals surface area contributed by atoms with Crippen LogP contribution in [-0.4, -0.2) is 19.6 Å². The van der Waals surface area contributed by atoms with E-state index in [1.54, 1.807) is 7.11 Å². The third-order valence-corrected chi connectivity index (χ3v) is 4.10. The van der Waals surface area contributed by atoms with Crippen LogP contribution in [0, 0.1) is 0 Å². The monoisotopic (exact) mass is 335 g/mol. The van der Waals surface area contributed by atoms with Gasteiger partial charge in [0.05, 0.1) is 13.2 Å². The molecule has 0 aliphatic heterocycles. The molecule has 0 radical (unpaired) electrons. The van der Waals surface area contributed by atoms with Crippen LogP contribution >= 0.6 is 0 Å². The predicted molar refractivity (Wildman–Crippen MR) is 99.0 cm³/mol. The summed E-state index contributed by atoms with van der Waals surface area (Å²) in [6.07, 6.45) is 0. The molecule has 0 saturated heterocycles. The minimum atomic E-state index is -0.156. The molecule has 0 aromatic heterocycles. The average Bonchev–Trinajstić information content (AvgIpc) is 2.66. The van der Waals surface area contributed by atoms with Crippen LogP contribution in [0.1, 0.15) is 18.5 Å². The Morgan fingerprint density at radius 2 is 1.72 bits per heavy atom. The zero-order valence-electron chi connectivity index (χ0n) is 14.4. The number of benzene rings is 3. The van der Waals surface area contributed by atoms with Gasteiger partial charge in [-0.25, -0.2) is 0 Å². The summed E-state index contributed by atoms with van der Waals surface area (Å²) in [6, 6.07) is 21.3. The van der Waals surface area contributed by atoms with Gasteiger partial charge in [0.15, 0.2) is 6.61 Å². The Morgan fingerprint density at radius 3 is 2.48 bits per heavy atom. The van der Waals surface area contributed by atoms with Crippen molar-refractivity contribution in [2.24, 2.45) is 0 Å². The molecule has 0 bridgehead atoms. The zero-order valence-corrected chi connectivity index (χ0v) is 14.4. The lowest BCUT2D eigenvalue weighted by molar-refractivity contribution is -0.123. The van der Waals surface area contributed by atoms with E-state index in [0.717, 1.165) is 22.1 Å². The normalized spacial score (nSPS) is 11.8. The number of rotatable bonds is 6. The molecule has 25 heavy (non-hydrogen) atoms. The third-order valence-electron chi connectivity index (χ3n) is 4.10. The Morgan fingerprint density at radius 1 is 1.00 bits per heavy atom. The first kappa shape index (κ1) is 16.8. The van der Waals surface area contributed by atoms with Gasteiger partial charge in [0.25, 0.3) is 5.91 Å². The molecular weight excluding hydrogens is 314 g/mol. The second kappa shape index (κ2) is 7.71. The first-order valence-electron chi connectivity index (χ1n) is 8.21. The van der Waals surface area contributed by atoms with Crippen molar-refractivity contribution in [1.82, 2.24) is 5.32 Å². The van der Waals surface area contributed by atoms with E-state index in [1.165, 1.54) is 0 Å². The molecule has 0 spiro atoms.